The maximum absolute atomic E-state index is 13.0. The molecule has 1 amide bonds. The van der Waals surface area contributed by atoms with Crippen molar-refractivity contribution in [3.8, 4) is 0 Å². The number of halogens is 1. The van der Waals surface area contributed by atoms with Crippen LogP contribution < -0.4 is 5.32 Å². The monoisotopic (exact) mass is 343 g/mol. The van der Waals surface area contributed by atoms with Crippen molar-refractivity contribution in [3.63, 3.8) is 0 Å². The van der Waals surface area contributed by atoms with Crippen LogP contribution in [0.4, 0.5) is 4.39 Å². The number of rotatable bonds is 6. The average Bonchev–Trinajstić information content (AvgIpc) is 2.77. The maximum Gasteiger partial charge on any atom is 0.305 e. The van der Waals surface area contributed by atoms with Crippen molar-refractivity contribution in [2.24, 2.45) is 5.92 Å². The Labute approximate surface area is 133 Å². The van der Waals surface area contributed by atoms with E-state index in [-0.39, 0.29) is 30.3 Å². The lowest BCUT2D eigenvalue weighted by Crippen LogP contribution is -2.31. The summed E-state index contributed by atoms with van der Waals surface area (Å²) in [6.45, 7) is 0. The van der Waals surface area contributed by atoms with Gasteiger partial charge in [-0.1, -0.05) is 12.1 Å². The summed E-state index contributed by atoms with van der Waals surface area (Å²) >= 11 is 0. The van der Waals surface area contributed by atoms with Gasteiger partial charge in [-0.2, -0.15) is 0 Å². The number of hydrogen-bond acceptors (Lipinski definition) is 4. The largest absolute Gasteiger partial charge is 0.481 e. The predicted molar refractivity (Wildman–Crippen MR) is 80.9 cm³/mol. The zero-order valence-corrected chi connectivity index (χ0v) is 13.2. The zero-order valence-electron chi connectivity index (χ0n) is 12.4. The molecule has 1 aliphatic rings. The fourth-order valence-electron chi connectivity index (χ4n) is 2.67. The molecule has 2 N–H and O–H groups in total. The van der Waals surface area contributed by atoms with Crippen molar-refractivity contribution in [1.82, 2.24) is 5.32 Å². The lowest BCUT2D eigenvalue weighted by atomic mass is 10.0. The smallest absolute Gasteiger partial charge is 0.305 e. The van der Waals surface area contributed by atoms with Gasteiger partial charge in [-0.25, -0.2) is 12.8 Å². The van der Waals surface area contributed by atoms with Gasteiger partial charge in [-0.3, -0.25) is 9.59 Å². The third-order valence-corrected chi connectivity index (χ3v) is 5.62. The first-order valence-electron chi connectivity index (χ1n) is 7.22. The van der Waals surface area contributed by atoms with Crippen LogP contribution in [0.2, 0.25) is 0 Å². The number of carboxylic acids is 1. The lowest BCUT2D eigenvalue weighted by Gasteiger charge is -2.18. The fourth-order valence-corrected chi connectivity index (χ4v) is 4.53. The number of sulfone groups is 1. The molecule has 2 unspecified atom stereocenters. The number of aliphatic carboxylic acids is 1. The highest BCUT2D eigenvalue weighted by atomic mass is 32.2. The van der Waals surface area contributed by atoms with E-state index in [0.29, 0.717) is 12.0 Å². The molecule has 0 spiro atoms. The number of hydrogen-bond donors (Lipinski definition) is 2. The number of benzene rings is 1. The molecule has 0 aromatic heterocycles. The predicted octanol–water partition coefficient (Wildman–Crippen LogP) is 1.28. The molecule has 2 atom stereocenters. The highest BCUT2D eigenvalue weighted by Crippen LogP contribution is 2.23. The van der Waals surface area contributed by atoms with E-state index in [9.17, 15) is 22.4 Å². The van der Waals surface area contributed by atoms with Crippen molar-refractivity contribution in [2.75, 3.05) is 11.5 Å². The van der Waals surface area contributed by atoms with Crippen molar-refractivity contribution >= 4 is 21.7 Å². The van der Waals surface area contributed by atoms with E-state index in [1.54, 1.807) is 0 Å². The van der Waals surface area contributed by atoms with Crippen LogP contribution in [0.15, 0.2) is 24.3 Å². The second-order valence-corrected chi connectivity index (χ2v) is 7.97. The van der Waals surface area contributed by atoms with Crippen LogP contribution in [-0.2, 0) is 19.4 Å². The molecule has 1 heterocycles. The molecule has 0 saturated carbocycles. The van der Waals surface area contributed by atoms with Crippen LogP contribution >= 0.6 is 0 Å². The van der Waals surface area contributed by atoms with E-state index in [2.05, 4.69) is 5.32 Å². The van der Waals surface area contributed by atoms with Crippen LogP contribution in [-0.4, -0.2) is 36.9 Å². The molecule has 0 bridgehead atoms. The van der Waals surface area contributed by atoms with E-state index in [1.807, 2.05) is 0 Å². The van der Waals surface area contributed by atoms with E-state index in [1.165, 1.54) is 24.3 Å². The molecule has 1 saturated heterocycles. The first-order valence-corrected chi connectivity index (χ1v) is 9.04. The number of carboxylic acid groups (broad SMARTS) is 1. The quantitative estimate of drug-likeness (QED) is 0.810. The summed E-state index contributed by atoms with van der Waals surface area (Å²) < 4.78 is 35.8. The average molecular weight is 343 g/mol. The summed E-state index contributed by atoms with van der Waals surface area (Å²) in [6.07, 6.45) is 0.146. The van der Waals surface area contributed by atoms with E-state index in [4.69, 9.17) is 5.11 Å². The van der Waals surface area contributed by atoms with Crippen molar-refractivity contribution in [3.05, 3.63) is 35.6 Å². The topological polar surface area (TPSA) is 101 Å². The van der Waals surface area contributed by atoms with Crippen molar-refractivity contribution < 1.29 is 27.5 Å². The lowest BCUT2D eigenvalue weighted by molar-refractivity contribution is -0.137. The third kappa shape index (κ3) is 5.31. The molecule has 1 aromatic carbocycles. The van der Waals surface area contributed by atoms with Gasteiger partial charge in [0.2, 0.25) is 5.91 Å². The zero-order chi connectivity index (χ0) is 17.0. The Hall–Kier alpha value is -1.96. The molecular formula is C15H18FNO5S. The van der Waals surface area contributed by atoms with Gasteiger partial charge in [0.05, 0.1) is 24.0 Å². The molecule has 6 nitrogen and oxygen atoms in total. The molecule has 0 radical (unpaired) electrons. The van der Waals surface area contributed by atoms with Gasteiger partial charge >= 0.3 is 5.97 Å². The molecule has 23 heavy (non-hydrogen) atoms. The summed E-state index contributed by atoms with van der Waals surface area (Å²) in [5.74, 6) is -2.11. The van der Waals surface area contributed by atoms with E-state index in [0.717, 1.165) is 0 Å². The Morgan fingerprint density at radius 3 is 2.48 bits per heavy atom. The highest BCUT2D eigenvalue weighted by Gasteiger charge is 2.30. The second-order valence-electron chi connectivity index (χ2n) is 5.74. The Bertz CT molecular complexity index is 686. The standard InChI is InChI=1S/C15H18FNO5S/c16-12-3-1-11(2-4-12)13(8-15(19)20)17-14(18)7-10-5-6-23(21,22)9-10/h1-4,10,13H,5-9H2,(H,17,18)(H,19,20). The SMILES string of the molecule is O=C(O)CC(NC(=O)CC1CCS(=O)(=O)C1)c1ccc(F)cc1. The normalized spacial score (nSPS) is 20.8. The maximum atomic E-state index is 13.0. The summed E-state index contributed by atoms with van der Waals surface area (Å²) in [5, 5.41) is 11.6. The van der Waals surface area contributed by atoms with Crippen LogP contribution in [0.3, 0.4) is 0 Å². The summed E-state index contributed by atoms with van der Waals surface area (Å²) in [6, 6.07) is 4.45. The molecule has 126 valence electrons. The molecule has 1 fully saturated rings. The second kappa shape index (κ2) is 7.08. The Morgan fingerprint density at radius 1 is 1.30 bits per heavy atom. The Morgan fingerprint density at radius 2 is 1.96 bits per heavy atom. The molecule has 8 heteroatoms. The highest BCUT2D eigenvalue weighted by molar-refractivity contribution is 7.91. The van der Waals surface area contributed by atoms with Crippen LogP contribution in [0, 0.1) is 11.7 Å². The minimum atomic E-state index is -3.06. The molecule has 0 aliphatic carbocycles. The molecule has 1 aliphatic heterocycles. The Balaban J connectivity index is 2.01. The summed E-state index contributed by atoms with van der Waals surface area (Å²) in [7, 11) is -3.06. The number of carbonyl (C=O) groups is 2. The minimum absolute atomic E-state index is 0.0133. The minimum Gasteiger partial charge on any atom is -0.481 e. The summed E-state index contributed by atoms with van der Waals surface area (Å²) in [5.41, 5.74) is 0.487. The molecule has 2 rings (SSSR count). The van der Waals surface area contributed by atoms with Crippen molar-refractivity contribution in [2.45, 2.75) is 25.3 Å². The first kappa shape index (κ1) is 17.4. The first-order chi connectivity index (χ1) is 10.7. The van der Waals surface area contributed by atoms with Crippen LogP contribution in [0.5, 0.6) is 0 Å². The van der Waals surface area contributed by atoms with Gasteiger partial charge in [0, 0.05) is 6.42 Å². The van der Waals surface area contributed by atoms with Gasteiger partial charge in [0.15, 0.2) is 9.84 Å². The number of nitrogens with one attached hydrogen (secondary N) is 1. The van der Waals surface area contributed by atoms with Crippen molar-refractivity contribution in [1.29, 1.82) is 0 Å². The van der Waals surface area contributed by atoms with E-state index < -0.39 is 33.6 Å². The van der Waals surface area contributed by atoms with Crippen LogP contribution in [0.1, 0.15) is 30.9 Å². The van der Waals surface area contributed by atoms with Gasteiger partial charge in [-0.05, 0) is 30.0 Å². The van der Waals surface area contributed by atoms with Crippen LogP contribution in [0.25, 0.3) is 0 Å². The Kier molecular flexibility index (Phi) is 5.35. The van der Waals surface area contributed by atoms with Gasteiger partial charge < -0.3 is 10.4 Å². The third-order valence-electron chi connectivity index (χ3n) is 3.79. The summed E-state index contributed by atoms with van der Waals surface area (Å²) in [4.78, 5) is 23.0. The van der Waals surface area contributed by atoms with Gasteiger partial charge in [0.25, 0.3) is 0 Å². The van der Waals surface area contributed by atoms with Gasteiger partial charge in [-0.15, -0.1) is 0 Å². The van der Waals surface area contributed by atoms with Gasteiger partial charge in [0.1, 0.15) is 5.82 Å². The fraction of sp³-hybridized carbons (Fsp3) is 0.467. The number of carbonyl (C=O) groups excluding carboxylic acids is 1. The van der Waals surface area contributed by atoms with E-state index >= 15 is 0 Å². The number of amides is 1. The molecule has 1 aromatic rings. The molecular weight excluding hydrogens is 325 g/mol.